The highest BCUT2D eigenvalue weighted by Crippen LogP contribution is 2.45. The number of benzene rings is 4. The first-order valence-electron chi connectivity index (χ1n) is 20.6. The highest BCUT2D eigenvalue weighted by atomic mass is 16.5. The van der Waals surface area contributed by atoms with Crippen molar-refractivity contribution in [1.82, 2.24) is 9.80 Å². The fourth-order valence-electron chi connectivity index (χ4n) is 7.53. The maximum atomic E-state index is 12.9. The zero-order valence-corrected chi connectivity index (χ0v) is 33.3. The molecular formula is C47H58N2O6. The molecule has 4 aromatic carbocycles. The first kappa shape index (κ1) is 40.0. The van der Waals surface area contributed by atoms with Crippen LogP contribution in [-0.4, -0.2) is 87.1 Å². The molecule has 1 saturated heterocycles. The number of fused-ring (bicyclic) bond motifs is 6. The number of ketones is 2. The lowest BCUT2D eigenvalue weighted by molar-refractivity contribution is 0.103. The smallest absolute Gasteiger partial charge is 0.194 e. The minimum atomic E-state index is 0.0551. The summed E-state index contributed by atoms with van der Waals surface area (Å²) in [7, 11) is 0. The Morgan fingerprint density at radius 3 is 1.53 bits per heavy atom. The van der Waals surface area contributed by atoms with E-state index < -0.39 is 0 Å². The van der Waals surface area contributed by atoms with Crippen LogP contribution in [0.1, 0.15) is 104 Å². The number of carbonyl (C=O) groups is 2. The lowest BCUT2D eigenvalue weighted by Crippen LogP contribution is -2.25. The minimum absolute atomic E-state index is 0.0551. The molecule has 0 N–H and O–H groups in total. The van der Waals surface area contributed by atoms with E-state index in [1.165, 1.54) is 25.9 Å². The van der Waals surface area contributed by atoms with Crippen LogP contribution in [-0.2, 0) is 0 Å². The summed E-state index contributed by atoms with van der Waals surface area (Å²) in [6.07, 6.45) is 7.74. The summed E-state index contributed by atoms with van der Waals surface area (Å²) in [4.78, 5) is 30.6. The van der Waals surface area contributed by atoms with E-state index in [4.69, 9.17) is 18.9 Å². The van der Waals surface area contributed by atoms with Crippen LogP contribution < -0.4 is 18.9 Å². The van der Waals surface area contributed by atoms with Crippen LogP contribution in [0.5, 0.6) is 23.0 Å². The van der Waals surface area contributed by atoms with Crippen molar-refractivity contribution < 1.29 is 28.5 Å². The molecule has 8 nitrogen and oxygen atoms in total. The molecule has 0 bridgehead atoms. The number of rotatable bonds is 19. The molecule has 292 valence electrons. The van der Waals surface area contributed by atoms with E-state index in [2.05, 4.69) is 37.5 Å². The Kier molecular flexibility index (Phi) is 14.4. The lowest BCUT2D eigenvalue weighted by Gasteiger charge is -2.18. The van der Waals surface area contributed by atoms with Crippen molar-refractivity contribution in [3.63, 3.8) is 0 Å². The van der Waals surface area contributed by atoms with Crippen LogP contribution in [0.2, 0.25) is 0 Å². The van der Waals surface area contributed by atoms with E-state index in [0.29, 0.717) is 32.0 Å². The van der Waals surface area contributed by atoms with Gasteiger partial charge in [-0.05, 0) is 118 Å². The molecule has 0 atom stereocenters. The van der Waals surface area contributed by atoms with Gasteiger partial charge in [0.15, 0.2) is 11.6 Å². The Morgan fingerprint density at radius 2 is 1.04 bits per heavy atom. The van der Waals surface area contributed by atoms with E-state index in [9.17, 15) is 9.59 Å². The van der Waals surface area contributed by atoms with Crippen molar-refractivity contribution in [2.24, 2.45) is 0 Å². The Hall–Kier alpha value is -4.66. The summed E-state index contributed by atoms with van der Waals surface area (Å²) in [6.45, 7) is 17.7. The third-order valence-electron chi connectivity index (χ3n) is 10.7. The lowest BCUT2D eigenvalue weighted by atomic mass is 10.0. The highest BCUT2D eigenvalue weighted by molar-refractivity contribution is 6.23. The summed E-state index contributed by atoms with van der Waals surface area (Å²) in [5.74, 6) is 3.24. The van der Waals surface area contributed by atoms with Gasteiger partial charge in [-0.25, -0.2) is 0 Å². The average molecular weight is 747 g/mol. The number of hydrogen-bond donors (Lipinski definition) is 0. The van der Waals surface area contributed by atoms with Gasteiger partial charge in [-0.1, -0.05) is 64.8 Å². The van der Waals surface area contributed by atoms with Crippen molar-refractivity contribution in [2.45, 2.75) is 72.6 Å². The van der Waals surface area contributed by atoms with Gasteiger partial charge >= 0.3 is 0 Å². The van der Waals surface area contributed by atoms with Crippen molar-refractivity contribution in [1.29, 1.82) is 0 Å². The molecule has 7 rings (SSSR count). The number of nitrogens with zero attached hydrogens (tertiary/aromatic N) is 2. The molecule has 0 aromatic heterocycles. The number of unbranched alkanes of at least 4 members (excludes halogenated alkanes) is 2. The second kappa shape index (κ2) is 19.8. The summed E-state index contributed by atoms with van der Waals surface area (Å²) < 4.78 is 23.8. The fourth-order valence-corrected chi connectivity index (χ4v) is 7.53. The molecule has 8 heteroatoms. The SMILES string of the molecule is CCCCOc1ccc2c(c1)C(=O)c1cccc(OCCCN(CC)CC)c1-2.CCCCOc1ccc2c(c1)C(=O)c1cccc(OCCN3CCCC3)c1-2. The van der Waals surface area contributed by atoms with Crippen LogP contribution in [0, 0.1) is 0 Å². The first-order valence-corrected chi connectivity index (χ1v) is 20.6. The molecule has 1 heterocycles. The number of likely N-dealkylation sites (tertiary alicyclic amines) is 1. The Balaban J connectivity index is 0.000000187. The van der Waals surface area contributed by atoms with Crippen molar-refractivity contribution in [3.05, 3.63) is 95.1 Å². The minimum Gasteiger partial charge on any atom is -0.494 e. The van der Waals surface area contributed by atoms with E-state index in [1.54, 1.807) is 0 Å². The van der Waals surface area contributed by atoms with E-state index in [1.807, 2.05) is 72.8 Å². The number of hydrogen-bond acceptors (Lipinski definition) is 8. The first-order chi connectivity index (χ1) is 27.0. The van der Waals surface area contributed by atoms with Gasteiger partial charge < -0.3 is 23.8 Å². The molecular weight excluding hydrogens is 689 g/mol. The largest absolute Gasteiger partial charge is 0.494 e. The van der Waals surface area contributed by atoms with Gasteiger partial charge in [0.05, 0.1) is 19.8 Å². The third kappa shape index (κ3) is 9.60. The van der Waals surface area contributed by atoms with Crippen molar-refractivity contribution >= 4 is 11.6 Å². The van der Waals surface area contributed by atoms with E-state index >= 15 is 0 Å². The topological polar surface area (TPSA) is 77.5 Å². The average Bonchev–Trinajstić information content (AvgIpc) is 3.91. The molecule has 4 aromatic rings. The van der Waals surface area contributed by atoms with Crippen LogP contribution in [0.15, 0.2) is 72.8 Å². The quantitative estimate of drug-likeness (QED) is 0.0759. The van der Waals surface area contributed by atoms with E-state index in [0.717, 1.165) is 120 Å². The Labute approximate surface area is 327 Å². The van der Waals surface area contributed by atoms with Gasteiger partial charge in [0.25, 0.3) is 0 Å². The summed E-state index contributed by atoms with van der Waals surface area (Å²) in [6, 6.07) is 23.2. The molecule has 0 unspecified atom stereocenters. The third-order valence-corrected chi connectivity index (χ3v) is 10.7. The molecule has 55 heavy (non-hydrogen) atoms. The molecule has 0 saturated carbocycles. The van der Waals surface area contributed by atoms with Gasteiger partial charge in [-0.2, -0.15) is 0 Å². The monoisotopic (exact) mass is 746 g/mol. The van der Waals surface area contributed by atoms with Crippen LogP contribution in [0.4, 0.5) is 0 Å². The summed E-state index contributed by atoms with van der Waals surface area (Å²) in [5.41, 5.74) is 6.63. The maximum absolute atomic E-state index is 12.9. The molecule has 0 amide bonds. The predicted octanol–water partition coefficient (Wildman–Crippen LogP) is 9.74. The Morgan fingerprint density at radius 1 is 0.545 bits per heavy atom. The highest BCUT2D eigenvalue weighted by Gasteiger charge is 2.31. The standard InChI is InChI=1S/C24H31NO3.C23H27NO3/c1-4-7-15-27-18-12-13-19-21(17-18)24(26)20-10-8-11-22(23(19)20)28-16-9-14-25(5-2)6-3;1-2-3-14-26-17-9-10-18-20(16-17)23(25)19-7-6-8-21(22(18)19)27-15-13-24-11-4-5-12-24/h8,10-13,17H,4-7,9,14-16H2,1-3H3;6-10,16H,2-5,11-15H2,1H3. The van der Waals surface area contributed by atoms with Crippen LogP contribution in [0.25, 0.3) is 22.3 Å². The zero-order chi connectivity index (χ0) is 38.6. The fraction of sp³-hybridized carbons (Fsp3) is 0.447. The number of carbonyl (C=O) groups excluding carboxylic acids is 2. The van der Waals surface area contributed by atoms with E-state index in [-0.39, 0.29) is 11.6 Å². The molecule has 1 aliphatic heterocycles. The van der Waals surface area contributed by atoms with Crippen LogP contribution in [0.3, 0.4) is 0 Å². The second-order valence-electron chi connectivity index (χ2n) is 14.5. The molecule has 1 fully saturated rings. The summed E-state index contributed by atoms with van der Waals surface area (Å²) >= 11 is 0. The Bertz CT molecular complexity index is 1910. The van der Waals surface area contributed by atoms with Gasteiger partial charge in [-0.3, -0.25) is 14.5 Å². The summed E-state index contributed by atoms with van der Waals surface area (Å²) in [5, 5.41) is 0. The van der Waals surface area contributed by atoms with Crippen LogP contribution >= 0.6 is 0 Å². The van der Waals surface area contributed by atoms with Gasteiger partial charge in [0, 0.05) is 46.5 Å². The van der Waals surface area contributed by atoms with Gasteiger partial charge in [-0.15, -0.1) is 0 Å². The van der Waals surface area contributed by atoms with Crippen molar-refractivity contribution in [3.8, 4) is 45.3 Å². The van der Waals surface area contributed by atoms with Gasteiger partial charge in [0.1, 0.15) is 29.6 Å². The maximum Gasteiger partial charge on any atom is 0.194 e. The normalized spacial score (nSPS) is 13.9. The second-order valence-corrected chi connectivity index (χ2v) is 14.5. The van der Waals surface area contributed by atoms with Crippen molar-refractivity contribution in [2.75, 3.05) is 65.7 Å². The number of ether oxygens (including phenoxy) is 4. The zero-order valence-electron chi connectivity index (χ0n) is 33.3. The molecule has 3 aliphatic rings. The molecule has 2 aliphatic carbocycles. The molecule has 0 radical (unpaired) electrons. The predicted molar refractivity (Wildman–Crippen MR) is 220 cm³/mol. The van der Waals surface area contributed by atoms with Gasteiger partial charge in [0.2, 0.25) is 0 Å². The molecule has 0 spiro atoms.